The number of carbonyl (C=O) groups is 1. The molecule has 2 rings (SSSR count). The Bertz CT molecular complexity index is 345. The molecule has 1 aliphatic heterocycles. The largest absolute Gasteiger partial charge is 0.490 e. The van der Waals surface area contributed by atoms with Crippen molar-refractivity contribution < 1.29 is 9.53 Å². The number of ether oxygens (including phenoxy) is 1. The van der Waals surface area contributed by atoms with E-state index in [-0.39, 0.29) is 12.1 Å². The van der Waals surface area contributed by atoms with E-state index in [2.05, 4.69) is 0 Å². The van der Waals surface area contributed by atoms with Crippen LogP contribution in [-0.4, -0.2) is 30.1 Å². The van der Waals surface area contributed by atoms with Gasteiger partial charge >= 0.3 is 6.03 Å². The molecule has 1 heterocycles. The van der Waals surface area contributed by atoms with Gasteiger partial charge in [0.15, 0.2) is 0 Å². The van der Waals surface area contributed by atoms with Crippen LogP contribution in [0.2, 0.25) is 0 Å². The molecule has 1 saturated heterocycles. The van der Waals surface area contributed by atoms with Crippen molar-refractivity contribution in [2.45, 2.75) is 18.9 Å². The van der Waals surface area contributed by atoms with Gasteiger partial charge in [-0.05, 0) is 12.1 Å². The predicted molar refractivity (Wildman–Crippen MR) is 61.2 cm³/mol. The van der Waals surface area contributed by atoms with Crippen LogP contribution >= 0.6 is 0 Å². The second-order valence-electron chi connectivity index (χ2n) is 3.96. The van der Waals surface area contributed by atoms with Crippen molar-refractivity contribution >= 4 is 6.03 Å². The molecular formula is C12H16N2O2. The summed E-state index contributed by atoms with van der Waals surface area (Å²) < 4.78 is 5.80. The molecule has 1 aromatic carbocycles. The lowest BCUT2D eigenvalue weighted by Gasteiger charge is -2.30. The first-order valence-corrected chi connectivity index (χ1v) is 5.52. The van der Waals surface area contributed by atoms with Crippen molar-refractivity contribution in [2.75, 3.05) is 13.1 Å². The maximum absolute atomic E-state index is 10.9. The van der Waals surface area contributed by atoms with Crippen LogP contribution in [0.4, 0.5) is 4.79 Å². The number of primary amides is 1. The van der Waals surface area contributed by atoms with Gasteiger partial charge in [-0.2, -0.15) is 0 Å². The molecule has 1 fully saturated rings. The van der Waals surface area contributed by atoms with Gasteiger partial charge < -0.3 is 15.4 Å². The molecule has 2 N–H and O–H groups in total. The van der Waals surface area contributed by atoms with Crippen molar-refractivity contribution in [1.82, 2.24) is 4.90 Å². The highest BCUT2D eigenvalue weighted by Gasteiger charge is 2.22. The molecule has 0 unspecified atom stereocenters. The Labute approximate surface area is 95.0 Å². The number of urea groups is 1. The molecule has 4 nitrogen and oxygen atoms in total. The summed E-state index contributed by atoms with van der Waals surface area (Å²) in [5, 5.41) is 0. The summed E-state index contributed by atoms with van der Waals surface area (Å²) in [5.74, 6) is 0.889. The third kappa shape index (κ3) is 2.66. The number of nitrogens with zero attached hydrogens (tertiary/aromatic N) is 1. The van der Waals surface area contributed by atoms with Crippen LogP contribution in [0.5, 0.6) is 5.75 Å². The number of likely N-dealkylation sites (tertiary alicyclic amines) is 1. The first kappa shape index (κ1) is 10.8. The number of hydrogen-bond donors (Lipinski definition) is 1. The van der Waals surface area contributed by atoms with E-state index in [1.165, 1.54) is 0 Å². The van der Waals surface area contributed by atoms with E-state index in [0.29, 0.717) is 13.1 Å². The van der Waals surface area contributed by atoms with Gasteiger partial charge in [-0.25, -0.2) is 4.79 Å². The monoisotopic (exact) mass is 220 g/mol. The molecule has 0 bridgehead atoms. The van der Waals surface area contributed by atoms with Crippen LogP contribution in [0.25, 0.3) is 0 Å². The molecule has 1 aliphatic rings. The summed E-state index contributed by atoms with van der Waals surface area (Å²) >= 11 is 0. The third-order valence-corrected chi connectivity index (χ3v) is 2.80. The molecule has 4 heteroatoms. The minimum absolute atomic E-state index is 0.193. The summed E-state index contributed by atoms with van der Waals surface area (Å²) in [5.41, 5.74) is 5.21. The van der Waals surface area contributed by atoms with Gasteiger partial charge in [0.2, 0.25) is 0 Å². The molecule has 0 spiro atoms. The number of rotatable bonds is 2. The second kappa shape index (κ2) is 4.88. The zero-order valence-corrected chi connectivity index (χ0v) is 9.13. The molecule has 86 valence electrons. The normalized spacial score (nSPS) is 17.1. The number of nitrogens with two attached hydrogens (primary N) is 1. The van der Waals surface area contributed by atoms with Gasteiger partial charge in [-0.15, -0.1) is 0 Å². The van der Waals surface area contributed by atoms with Crippen molar-refractivity contribution in [2.24, 2.45) is 5.73 Å². The number of hydrogen-bond acceptors (Lipinski definition) is 2. The predicted octanol–water partition coefficient (Wildman–Crippen LogP) is 1.61. The molecule has 0 aliphatic carbocycles. The minimum atomic E-state index is -0.335. The van der Waals surface area contributed by atoms with Crippen LogP contribution < -0.4 is 10.5 Å². The van der Waals surface area contributed by atoms with Crippen LogP contribution in [0, 0.1) is 0 Å². The van der Waals surface area contributed by atoms with Crippen LogP contribution in [0.3, 0.4) is 0 Å². The zero-order chi connectivity index (χ0) is 11.4. The lowest BCUT2D eigenvalue weighted by Crippen LogP contribution is -2.44. The Kier molecular flexibility index (Phi) is 3.29. The zero-order valence-electron chi connectivity index (χ0n) is 9.13. The van der Waals surface area contributed by atoms with E-state index < -0.39 is 0 Å². The van der Waals surface area contributed by atoms with E-state index in [1.54, 1.807) is 4.90 Å². The van der Waals surface area contributed by atoms with Crippen molar-refractivity contribution in [1.29, 1.82) is 0 Å². The highest BCUT2D eigenvalue weighted by Crippen LogP contribution is 2.18. The molecule has 0 aromatic heterocycles. The maximum Gasteiger partial charge on any atom is 0.314 e. The summed E-state index contributed by atoms with van der Waals surface area (Å²) in [6.45, 7) is 1.37. The number of para-hydroxylation sites is 1. The summed E-state index contributed by atoms with van der Waals surface area (Å²) in [7, 11) is 0. The van der Waals surface area contributed by atoms with E-state index in [0.717, 1.165) is 18.6 Å². The second-order valence-corrected chi connectivity index (χ2v) is 3.96. The Hall–Kier alpha value is -1.71. The standard InChI is InChI=1S/C12H16N2O2/c13-12(15)14-8-6-11(7-9-14)16-10-4-2-1-3-5-10/h1-5,11H,6-9H2,(H2,13,15). The van der Waals surface area contributed by atoms with Crippen LogP contribution in [0.1, 0.15) is 12.8 Å². The lowest BCUT2D eigenvalue weighted by molar-refractivity contribution is 0.114. The van der Waals surface area contributed by atoms with Crippen LogP contribution in [-0.2, 0) is 0 Å². The number of carbonyl (C=O) groups excluding carboxylic acids is 1. The van der Waals surface area contributed by atoms with E-state index in [4.69, 9.17) is 10.5 Å². The fourth-order valence-electron chi connectivity index (χ4n) is 1.89. The number of amides is 2. The lowest BCUT2D eigenvalue weighted by atomic mass is 10.1. The van der Waals surface area contributed by atoms with E-state index >= 15 is 0 Å². The topological polar surface area (TPSA) is 55.6 Å². The van der Waals surface area contributed by atoms with Gasteiger partial charge in [0.1, 0.15) is 11.9 Å². The minimum Gasteiger partial charge on any atom is -0.490 e. The Morgan fingerprint density at radius 3 is 2.44 bits per heavy atom. The molecule has 2 amide bonds. The quantitative estimate of drug-likeness (QED) is 0.823. The smallest absolute Gasteiger partial charge is 0.314 e. The number of benzene rings is 1. The summed E-state index contributed by atoms with van der Waals surface area (Å²) in [4.78, 5) is 12.6. The molecular weight excluding hydrogens is 204 g/mol. The highest BCUT2D eigenvalue weighted by atomic mass is 16.5. The van der Waals surface area contributed by atoms with Crippen LogP contribution in [0.15, 0.2) is 30.3 Å². The fraction of sp³-hybridized carbons (Fsp3) is 0.417. The van der Waals surface area contributed by atoms with Crippen molar-refractivity contribution in [3.8, 4) is 5.75 Å². The Morgan fingerprint density at radius 1 is 1.25 bits per heavy atom. The Morgan fingerprint density at radius 2 is 1.88 bits per heavy atom. The molecule has 0 radical (unpaired) electrons. The number of piperidine rings is 1. The van der Waals surface area contributed by atoms with Gasteiger partial charge in [0, 0.05) is 25.9 Å². The maximum atomic E-state index is 10.9. The van der Waals surface area contributed by atoms with Crippen molar-refractivity contribution in [3.63, 3.8) is 0 Å². The SMILES string of the molecule is NC(=O)N1CCC(Oc2ccccc2)CC1. The molecule has 0 atom stereocenters. The third-order valence-electron chi connectivity index (χ3n) is 2.80. The average molecular weight is 220 g/mol. The van der Waals surface area contributed by atoms with Crippen molar-refractivity contribution in [3.05, 3.63) is 30.3 Å². The van der Waals surface area contributed by atoms with Gasteiger partial charge in [0.05, 0.1) is 0 Å². The molecule has 1 aromatic rings. The first-order valence-electron chi connectivity index (χ1n) is 5.52. The summed E-state index contributed by atoms with van der Waals surface area (Å²) in [6.07, 6.45) is 1.88. The van der Waals surface area contributed by atoms with E-state index in [1.807, 2.05) is 30.3 Å². The summed E-state index contributed by atoms with van der Waals surface area (Å²) in [6, 6.07) is 9.42. The fourth-order valence-corrected chi connectivity index (χ4v) is 1.89. The van der Waals surface area contributed by atoms with Gasteiger partial charge in [-0.1, -0.05) is 18.2 Å². The van der Waals surface area contributed by atoms with Gasteiger partial charge in [0.25, 0.3) is 0 Å². The average Bonchev–Trinajstić information content (AvgIpc) is 2.31. The highest BCUT2D eigenvalue weighted by molar-refractivity contribution is 5.72. The molecule has 0 saturated carbocycles. The first-order chi connectivity index (χ1) is 7.75. The van der Waals surface area contributed by atoms with Gasteiger partial charge in [-0.3, -0.25) is 0 Å². The Balaban J connectivity index is 1.84. The van der Waals surface area contributed by atoms with E-state index in [9.17, 15) is 4.79 Å². The molecule has 16 heavy (non-hydrogen) atoms.